The normalized spacial score (nSPS) is 16.6. The van der Waals surface area contributed by atoms with Gasteiger partial charge in [0, 0.05) is 6.54 Å². The summed E-state index contributed by atoms with van der Waals surface area (Å²) >= 11 is 5.95. The molecule has 4 nitrogen and oxygen atoms in total. The van der Waals surface area contributed by atoms with Gasteiger partial charge in [0.05, 0.1) is 6.20 Å². The minimum Gasteiger partial charge on any atom is -0.369 e. The lowest BCUT2D eigenvalue weighted by Crippen LogP contribution is -2.09. The van der Waals surface area contributed by atoms with Crippen molar-refractivity contribution in [1.29, 1.82) is 0 Å². The van der Waals surface area contributed by atoms with E-state index in [0.29, 0.717) is 10.8 Å². The average molecular weight is 241 g/mol. The zero-order valence-electron chi connectivity index (χ0n) is 9.25. The number of hydrogen-bond donors (Lipinski definition) is 2. The predicted molar refractivity (Wildman–Crippen MR) is 66.5 cm³/mol. The summed E-state index contributed by atoms with van der Waals surface area (Å²) in [5, 5.41) is 3.75. The molecule has 0 unspecified atom stereocenters. The van der Waals surface area contributed by atoms with Gasteiger partial charge in [-0.3, -0.25) is 0 Å². The van der Waals surface area contributed by atoms with Gasteiger partial charge in [-0.15, -0.1) is 0 Å². The van der Waals surface area contributed by atoms with E-state index in [1.807, 2.05) is 0 Å². The third-order valence-electron chi connectivity index (χ3n) is 3.08. The predicted octanol–water partition coefficient (Wildman–Crippen LogP) is 2.70. The van der Waals surface area contributed by atoms with Crippen molar-refractivity contribution in [3.05, 3.63) is 11.2 Å². The van der Waals surface area contributed by atoms with E-state index < -0.39 is 0 Å². The van der Waals surface area contributed by atoms with Gasteiger partial charge in [0.25, 0.3) is 0 Å². The highest BCUT2D eigenvalue weighted by Gasteiger charge is 2.14. The quantitative estimate of drug-likeness (QED) is 0.850. The maximum absolute atomic E-state index is 5.95. The molecule has 0 amide bonds. The molecule has 0 atom stereocenters. The van der Waals surface area contributed by atoms with Crippen LogP contribution >= 0.6 is 11.6 Å². The van der Waals surface area contributed by atoms with Crippen molar-refractivity contribution >= 4 is 23.4 Å². The van der Waals surface area contributed by atoms with Crippen LogP contribution in [0.2, 0.25) is 5.02 Å². The van der Waals surface area contributed by atoms with Gasteiger partial charge >= 0.3 is 0 Å². The Balaban J connectivity index is 1.82. The number of nitrogens with two attached hydrogens (primary N) is 1. The van der Waals surface area contributed by atoms with E-state index in [-0.39, 0.29) is 5.95 Å². The summed E-state index contributed by atoms with van der Waals surface area (Å²) in [5.74, 6) is 1.77. The zero-order chi connectivity index (χ0) is 11.4. The molecular formula is C11H17ClN4. The van der Waals surface area contributed by atoms with Crippen LogP contribution < -0.4 is 11.1 Å². The number of anilines is 2. The molecule has 3 N–H and O–H groups in total. The van der Waals surface area contributed by atoms with Crippen molar-refractivity contribution in [2.75, 3.05) is 17.6 Å². The van der Waals surface area contributed by atoms with Gasteiger partial charge in [0.1, 0.15) is 10.8 Å². The van der Waals surface area contributed by atoms with Crippen LogP contribution in [0.3, 0.4) is 0 Å². The summed E-state index contributed by atoms with van der Waals surface area (Å²) in [4.78, 5) is 7.88. The fourth-order valence-electron chi connectivity index (χ4n) is 2.20. The van der Waals surface area contributed by atoms with Gasteiger partial charge < -0.3 is 11.1 Å². The average Bonchev–Trinajstić information content (AvgIpc) is 2.76. The Hall–Kier alpha value is -1.03. The molecule has 1 heterocycles. The second kappa shape index (κ2) is 5.34. The zero-order valence-corrected chi connectivity index (χ0v) is 10.0. The van der Waals surface area contributed by atoms with Crippen molar-refractivity contribution in [3.63, 3.8) is 0 Å². The molecule has 0 aromatic carbocycles. The Kier molecular flexibility index (Phi) is 3.83. The fraction of sp³-hybridized carbons (Fsp3) is 0.636. The lowest BCUT2D eigenvalue weighted by atomic mass is 10.0. The van der Waals surface area contributed by atoms with Crippen molar-refractivity contribution in [2.45, 2.75) is 32.1 Å². The highest BCUT2D eigenvalue weighted by atomic mass is 35.5. The van der Waals surface area contributed by atoms with Gasteiger partial charge in [-0.2, -0.15) is 4.98 Å². The first-order chi connectivity index (χ1) is 7.75. The van der Waals surface area contributed by atoms with E-state index in [4.69, 9.17) is 17.3 Å². The van der Waals surface area contributed by atoms with Gasteiger partial charge in [-0.25, -0.2) is 4.98 Å². The molecule has 0 spiro atoms. The fourth-order valence-corrected chi connectivity index (χ4v) is 2.36. The number of hydrogen-bond acceptors (Lipinski definition) is 4. The maximum Gasteiger partial charge on any atom is 0.222 e. The molecule has 0 aliphatic heterocycles. The maximum atomic E-state index is 5.95. The second-order valence-corrected chi connectivity index (χ2v) is 4.70. The molecule has 16 heavy (non-hydrogen) atoms. The van der Waals surface area contributed by atoms with Crippen LogP contribution in [0.5, 0.6) is 0 Å². The minimum atomic E-state index is 0.257. The molecular weight excluding hydrogens is 224 g/mol. The molecule has 1 fully saturated rings. The van der Waals surface area contributed by atoms with E-state index in [0.717, 1.165) is 12.5 Å². The first kappa shape index (κ1) is 11.5. The van der Waals surface area contributed by atoms with Crippen molar-refractivity contribution in [1.82, 2.24) is 9.97 Å². The number of nitrogen functional groups attached to an aromatic ring is 1. The molecule has 2 rings (SSSR count). The Morgan fingerprint density at radius 2 is 2.19 bits per heavy atom. The van der Waals surface area contributed by atoms with Crippen LogP contribution in [-0.4, -0.2) is 16.5 Å². The summed E-state index contributed by atoms with van der Waals surface area (Å²) in [6.45, 7) is 0.904. The van der Waals surface area contributed by atoms with Crippen LogP contribution in [0.4, 0.5) is 11.8 Å². The molecule has 5 heteroatoms. The summed E-state index contributed by atoms with van der Waals surface area (Å²) in [7, 11) is 0. The van der Waals surface area contributed by atoms with Crippen molar-refractivity contribution in [3.8, 4) is 0 Å². The molecule has 0 radical (unpaired) electrons. The van der Waals surface area contributed by atoms with E-state index >= 15 is 0 Å². The first-order valence-electron chi connectivity index (χ1n) is 5.77. The summed E-state index contributed by atoms with van der Waals surface area (Å²) < 4.78 is 0. The molecule has 1 aliphatic carbocycles. The Labute approximate surface area is 101 Å². The van der Waals surface area contributed by atoms with Crippen molar-refractivity contribution < 1.29 is 0 Å². The minimum absolute atomic E-state index is 0.257. The smallest absolute Gasteiger partial charge is 0.222 e. The van der Waals surface area contributed by atoms with Gasteiger partial charge in [0.2, 0.25) is 5.95 Å². The SMILES string of the molecule is Nc1ncc(Cl)c(NCCC2CCCC2)n1. The summed E-state index contributed by atoms with van der Waals surface area (Å²) in [6, 6.07) is 0. The number of halogens is 1. The van der Waals surface area contributed by atoms with Crippen LogP contribution in [0.25, 0.3) is 0 Å². The van der Waals surface area contributed by atoms with Crippen LogP contribution in [-0.2, 0) is 0 Å². The highest BCUT2D eigenvalue weighted by Crippen LogP contribution is 2.27. The van der Waals surface area contributed by atoms with E-state index in [1.54, 1.807) is 0 Å². The lowest BCUT2D eigenvalue weighted by molar-refractivity contribution is 0.518. The first-order valence-corrected chi connectivity index (χ1v) is 6.15. The van der Waals surface area contributed by atoms with E-state index in [1.165, 1.54) is 38.3 Å². The van der Waals surface area contributed by atoms with Gasteiger partial charge in [-0.05, 0) is 12.3 Å². The summed E-state index contributed by atoms with van der Waals surface area (Å²) in [5.41, 5.74) is 5.50. The topological polar surface area (TPSA) is 63.8 Å². The highest BCUT2D eigenvalue weighted by molar-refractivity contribution is 6.32. The van der Waals surface area contributed by atoms with E-state index in [9.17, 15) is 0 Å². The van der Waals surface area contributed by atoms with Crippen LogP contribution in [0.1, 0.15) is 32.1 Å². The molecule has 88 valence electrons. The van der Waals surface area contributed by atoms with Crippen molar-refractivity contribution in [2.24, 2.45) is 5.92 Å². The number of rotatable bonds is 4. The molecule has 1 aromatic heterocycles. The number of nitrogens with one attached hydrogen (secondary N) is 1. The number of aromatic nitrogens is 2. The second-order valence-electron chi connectivity index (χ2n) is 4.29. The Morgan fingerprint density at radius 3 is 2.94 bits per heavy atom. The van der Waals surface area contributed by atoms with Gasteiger partial charge in [-0.1, -0.05) is 37.3 Å². The monoisotopic (exact) mass is 240 g/mol. The van der Waals surface area contributed by atoms with Crippen LogP contribution in [0, 0.1) is 5.92 Å². The molecule has 0 saturated heterocycles. The number of nitrogens with zero attached hydrogens (tertiary/aromatic N) is 2. The largest absolute Gasteiger partial charge is 0.369 e. The Bertz CT molecular complexity index is 350. The lowest BCUT2D eigenvalue weighted by Gasteiger charge is -2.11. The third kappa shape index (κ3) is 2.98. The molecule has 1 saturated carbocycles. The van der Waals surface area contributed by atoms with Crippen LogP contribution in [0.15, 0.2) is 6.20 Å². The molecule has 1 aromatic rings. The third-order valence-corrected chi connectivity index (χ3v) is 3.36. The summed E-state index contributed by atoms with van der Waals surface area (Å²) in [6.07, 6.45) is 8.20. The van der Waals surface area contributed by atoms with E-state index in [2.05, 4.69) is 15.3 Å². The molecule has 0 bridgehead atoms. The molecule has 1 aliphatic rings. The Morgan fingerprint density at radius 1 is 1.44 bits per heavy atom. The van der Waals surface area contributed by atoms with Gasteiger partial charge in [0.15, 0.2) is 0 Å². The standard InChI is InChI=1S/C11H17ClN4/c12-9-7-15-11(13)16-10(9)14-6-5-8-3-1-2-4-8/h7-8H,1-6H2,(H3,13,14,15,16).